The third-order valence-electron chi connectivity index (χ3n) is 5.42. The molecule has 168 valence electrons. The predicted octanol–water partition coefficient (Wildman–Crippen LogP) is 5.89. The molecule has 0 fully saturated rings. The zero-order chi connectivity index (χ0) is 23.9. The largest absolute Gasteiger partial charge is 0.504 e. The van der Waals surface area contributed by atoms with Crippen LogP contribution in [0.25, 0.3) is 0 Å². The van der Waals surface area contributed by atoms with Crippen LogP contribution >= 0.6 is 15.9 Å². The lowest BCUT2D eigenvalue weighted by atomic mass is 10.1. The summed E-state index contributed by atoms with van der Waals surface area (Å²) >= 11 is 3.63. The minimum absolute atomic E-state index is 0.0304. The summed E-state index contributed by atoms with van der Waals surface area (Å²) in [5, 5.41) is 20.1. The van der Waals surface area contributed by atoms with Crippen LogP contribution in [0.5, 0.6) is 5.75 Å². The smallest absolute Gasteiger partial charge is 0.356 e. The molecule has 4 aromatic carbocycles. The van der Waals surface area contributed by atoms with Crippen molar-refractivity contribution in [3.05, 3.63) is 124 Å². The fourth-order valence-electron chi connectivity index (χ4n) is 3.76. The van der Waals surface area contributed by atoms with Gasteiger partial charge in [-0.1, -0.05) is 72.8 Å². The molecule has 3 N–H and O–H groups in total. The van der Waals surface area contributed by atoms with Gasteiger partial charge < -0.3 is 5.11 Å². The Hall–Kier alpha value is -4.08. The van der Waals surface area contributed by atoms with E-state index in [2.05, 4.69) is 50.8 Å². The van der Waals surface area contributed by atoms with Gasteiger partial charge in [0.05, 0.1) is 29.2 Å². The second kappa shape index (κ2) is 10.7. The van der Waals surface area contributed by atoms with Gasteiger partial charge in [0.2, 0.25) is 0 Å². The highest BCUT2D eigenvalue weighted by atomic mass is 79.9. The topological polar surface area (TPSA) is 76.3 Å². The van der Waals surface area contributed by atoms with Gasteiger partial charge in [-0.25, -0.2) is 0 Å². The molecule has 0 spiro atoms. The van der Waals surface area contributed by atoms with Crippen LogP contribution in [0.4, 0.5) is 11.4 Å². The fourth-order valence-corrected chi connectivity index (χ4v) is 4.22. The normalized spacial score (nSPS) is 10.4. The molecule has 0 aliphatic carbocycles. The van der Waals surface area contributed by atoms with E-state index < -0.39 is 0 Å². The minimum atomic E-state index is -0.0304. The summed E-state index contributed by atoms with van der Waals surface area (Å²) in [6, 6.07) is 34.8. The Morgan fingerprint density at radius 1 is 0.824 bits per heavy atom. The number of hydrogen-bond acceptors (Lipinski definition) is 2. The zero-order valence-electron chi connectivity index (χ0n) is 18.5. The SMILES string of the molecule is N#Cc1ccc(N(C(N)=[N+](Cc2ccccc2)Cc2ccccc2)c2ccccc2Br)c(O)c1. The highest BCUT2D eigenvalue weighted by molar-refractivity contribution is 9.10. The van der Waals surface area contributed by atoms with Gasteiger partial charge >= 0.3 is 5.96 Å². The highest BCUT2D eigenvalue weighted by Gasteiger charge is 2.28. The fraction of sp³-hybridized carbons (Fsp3) is 0.0714. The molecule has 5 nitrogen and oxygen atoms in total. The maximum Gasteiger partial charge on any atom is 0.356 e. The van der Waals surface area contributed by atoms with Crippen LogP contribution in [0.15, 0.2) is 108 Å². The molecule has 0 atom stereocenters. The van der Waals surface area contributed by atoms with Crippen molar-refractivity contribution in [3.8, 4) is 11.8 Å². The van der Waals surface area contributed by atoms with E-state index in [0.29, 0.717) is 30.3 Å². The molecule has 0 saturated heterocycles. The first-order chi connectivity index (χ1) is 16.6. The number of nitriles is 1. The van der Waals surface area contributed by atoms with Gasteiger partial charge in [-0.2, -0.15) is 10.2 Å². The summed E-state index contributed by atoms with van der Waals surface area (Å²) in [5.74, 6) is 0.414. The lowest BCUT2D eigenvalue weighted by Crippen LogP contribution is -2.42. The number of para-hydroxylation sites is 1. The van der Waals surface area contributed by atoms with Crippen molar-refractivity contribution in [2.75, 3.05) is 4.90 Å². The zero-order valence-corrected chi connectivity index (χ0v) is 20.1. The molecular weight excluding hydrogens is 488 g/mol. The molecule has 0 heterocycles. The second-order valence-electron chi connectivity index (χ2n) is 7.79. The van der Waals surface area contributed by atoms with Crippen molar-refractivity contribution in [1.29, 1.82) is 5.26 Å². The Kier molecular flexibility index (Phi) is 7.26. The van der Waals surface area contributed by atoms with Gasteiger partial charge in [0.15, 0.2) is 5.75 Å². The van der Waals surface area contributed by atoms with E-state index in [1.54, 1.807) is 12.1 Å². The first-order valence-corrected chi connectivity index (χ1v) is 11.6. The Labute approximate surface area is 207 Å². The van der Waals surface area contributed by atoms with Crippen LogP contribution in [-0.2, 0) is 13.1 Å². The number of nitrogens with zero attached hydrogens (tertiary/aromatic N) is 3. The Morgan fingerprint density at radius 3 is 1.91 bits per heavy atom. The molecule has 0 saturated carbocycles. The first-order valence-electron chi connectivity index (χ1n) is 10.8. The van der Waals surface area contributed by atoms with Crippen molar-refractivity contribution >= 4 is 33.3 Å². The van der Waals surface area contributed by atoms with E-state index in [4.69, 9.17) is 5.73 Å². The highest BCUT2D eigenvalue weighted by Crippen LogP contribution is 2.37. The molecule has 0 radical (unpaired) electrons. The Bertz CT molecular complexity index is 1300. The number of benzene rings is 4. The molecule has 4 rings (SSSR count). The van der Waals surface area contributed by atoms with Crippen molar-refractivity contribution in [1.82, 2.24) is 0 Å². The second-order valence-corrected chi connectivity index (χ2v) is 8.64. The number of nitrogens with two attached hydrogens (primary N) is 1. The van der Waals surface area contributed by atoms with Crippen LogP contribution in [0.3, 0.4) is 0 Å². The van der Waals surface area contributed by atoms with Gasteiger partial charge in [0.1, 0.15) is 11.4 Å². The number of aromatic hydroxyl groups is 1. The van der Waals surface area contributed by atoms with Gasteiger partial charge in [0.25, 0.3) is 0 Å². The third-order valence-corrected chi connectivity index (χ3v) is 6.09. The predicted molar refractivity (Wildman–Crippen MR) is 139 cm³/mol. The lowest BCUT2D eigenvalue weighted by molar-refractivity contribution is -0.561. The van der Waals surface area contributed by atoms with E-state index >= 15 is 0 Å². The molecule has 34 heavy (non-hydrogen) atoms. The lowest BCUT2D eigenvalue weighted by Gasteiger charge is -2.23. The van der Waals surface area contributed by atoms with E-state index in [9.17, 15) is 10.4 Å². The van der Waals surface area contributed by atoms with Crippen LogP contribution in [0.1, 0.15) is 16.7 Å². The maximum atomic E-state index is 10.9. The van der Waals surface area contributed by atoms with Crippen molar-refractivity contribution in [2.24, 2.45) is 5.73 Å². The van der Waals surface area contributed by atoms with E-state index in [1.165, 1.54) is 6.07 Å². The average Bonchev–Trinajstić information content (AvgIpc) is 2.87. The van der Waals surface area contributed by atoms with E-state index in [-0.39, 0.29) is 5.75 Å². The van der Waals surface area contributed by atoms with Crippen LogP contribution in [-0.4, -0.2) is 15.6 Å². The summed E-state index contributed by atoms with van der Waals surface area (Å²) in [6.07, 6.45) is 0. The molecule has 6 heteroatoms. The third kappa shape index (κ3) is 5.28. The van der Waals surface area contributed by atoms with E-state index in [1.807, 2.05) is 65.6 Å². The standard InChI is InChI=1S/C28H23BrN4O/c29-24-13-7-8-14-25(24)33(26-16-15-23(18-30)17-27(26)34)28(31)32(19-21-9-3-1-4-10-21)20-22-11-5-2-6-12-22/h1-17,31,34H,19-20H2/p+1. The molecule has 0 aliphatic rings. The molecule has 0 unspecified atom stereocenters. The summed E-state index contributed by atoms with van der Waals surface area (Å²) in [4.78, 5) is 1.81. The van der Waals surface area contributed by atoms with Crippen LogP contribution < -0.4 is 10.6 Å². The summed E-state index contributed by atoms with van der Waals surface area (Å²) in [7, 11) is 0. The molecule has 0 bridgehead atoms. The molecule has 0 amide bonds. The maximum absolute atomic E-state index is 10.9. The number of phenolic OH excluding ortho intramolecular Hbond substituents is 1. The first kappa shape index (κ1) is 23.1. The number of halogens is 1. The number of rotatable bonds is 6. The molecular formula is C28H24BrN4O+. The number of guanidine groups is 1. The number of phenols is 1. The molecule has 4 aromatic rings. The van der Waals surface area contributed by atoms with Crippen LogP contribution in [0, 0.1) is 11.3 Å². The Morgan fingerprint density at radius 2 is 1.38 bits per heavy atom. The summed E-state index contributed by atoms with van der Waals surface area (Å²) in [6.45, 7) is 1.14. The van der Waals surface area contributed by atoms with Crippen LogP contribution in [0.2, 0.25) is 0 Å². The van der Waals surface area contributed by atoms with Crippen molar-refractivity contribution in [2.45, 2.75) is 13.1 Å². The van der Waals surface area contributed by atoms with Gasteiger partial charge in [-0.05, 0) is 51.3 Å². The van der Waals surface area contributed by atoms with Gasteiger partial charge in [-0.15, -0.1) is 0 Å². The van der Waals surface area contributed by atoms with Crippen molar-refractivity contribution in [3.63, 3.8) is 0 Å². The quantitative estimate of drug-likeness (QED) is 0.192. The van der Waals surface area contributed by atoms with Crippen molar-refractivity contribution < 1.29 is 9.68 Å². The Balaban J connectivity index is 1.90. The summed E-state index contributed by atoms with van der Waals surface area (Å²) in [5.41, 5.74) is 10.7. The van der Waals surface area contributed by atoms with Gasteiger partial charge in [0, 0.05) is 6.07 Å². The molecule has 0 aromatic heterocycles. The van der Waals surface area contributed by atoms with Gasteiger partial charge in [-0.3, -0.25) is 10.3 Å². The number of hydrogen-bond donors (Lipinski definition) is 2. The molecule has 0 aliphatic heterocycles. The van der Waals surface area contributed by atoms with E-state index in [0.717, 1.165) is 21.3 Å². The average molecular weight is 512 g/mol. The minimum Gasteiger partial charge on any atom is -0.504 e. The monoisotopic (exact) mass is 511 g/mol. The summed E-state index contributed by atoms with van der Waals surface area (Å²) < 4.78 is 2.89. The number of anilines is 2.